The summed E-state index contributed by atoms with van der Waals surface area (Å²) in [5, 5.41) is 9.06. The second kappa shape index (κ2) is 8.15. The smallest absolute Gasteiger partial charge is 0.271 e. The average molecular weight is 390 g/mol. The van der Waals surface area contributed by atoms with Gasteiger partial charge in [-0.15, -0.1) is 0 Å². The Kier molecular flexibility index (Phi) is 5.26. The maximum Gasteiger partial charge on any atom is 0.271 e. The zero-order valence-corrected chi connectivity index (χ0v) is 15.8. The minimum absolute atomic E-state index is 0.168. The van der Waals surface area contributed by atoms with Crippen LogP contribution in [0.5, 0.6) is 0 Å². The lowest BCUT2D eigenvalue weighted by Crippen LogP contribution is -2.25. The number of amides is 1. The van der Waals surface area contributed by atoms with Gasteiger partial charge >= 0.3 is 0 Å². The largest absolute Gasteiger partial charge is 0.384 e. The highest BCUT2D eigenvalue weighted by atomic mass is 16.2. The second-order valence-electron chi connectivity index (χ2n) is 6.82. The van der Waals surface area contributed by atoms with Gasteiger partial charge in [0.05, 0.1) is 0 Å². The molecule has 1 amide bonds. The number of aliphatic imine (C=N–C) groups is 1. The van der Waals surface area contributed by atoms with Crippen molar-refractivity contribution in [2.75, 3.05) is 25.1 Å². The molecular weight excluding hydrogens is 368 g/mol. The van der Waals surface area contributed by atoms with E-state index in [-0.39, 0.29) is 17.2 Å². The highest BCUT2D eigenvalue weighted by Gasteiger charge is 2.13. The number of carbonyl (C=O) groups excluding carboxylic acids is 1. The summed E-state index contributed by atoms with van der Waals surface area (Å²) in [5.74, 6) is 0.0598. The van der Waals surface area contributed by atoms with Crippen molar-refractivity contribution >= 4 is 28.7 Å². The summed E-state index contributed by atoms with van der Waals surface area (Å²) in [6.45, 7) is 2.17. The Morgan fingerprint density at radius 1 is 1.17 bits per heavy atom. The normalized spacial score (nSPS) is 16.2. The van der Waals surface area contributed by atoms with Gasteiger partial charge in [-0.1, -0.05) is 18.2 Å². The molecule has 148 valence electrons. The van der Waals surface area contributed by atoms with E-state index >= 15 is 0 Å². The number of amidine groups is 1. The maximum absolute atomic E-state index is 12.6. The number of anilines is 1. The monoisotopic (exact) mass is 390 g/mol. The molecule has 0 bridgehead atoms. The van der Waals surface area contributed by atoms with Crippen LogP contribution < -0.4 is 27.2 Å². The second-order valence-corrected chi connectivity index (χ2v) is 6.82. The van der Waals surface area contributed by atoms with Crippen LogP contribution in [0.2, 0.25) is 0 Å². The number of benzene rings is 1. The third kappa shape index (κ3) is 4.27. The number of H-pyrrole nitrogens is 1. The predicted molar refractivity (Wildman–Crippen MR) is 115 cm³/mol. The van der Waals surface area contributed by atoms with Crippen molar-refractivity contribution in [1.29, 1.82) is 0 Å². The van der Waals surface area contributed by atoms with Crippen molar-refractivity contribution in [3.63, 3.8) is 0 Å². The van der Waals surface area contributed by atoms with Gasteiger partial charge in [-0.2, -0.15) is 0 Å². The lowest BCUT2D eigenvalue weighted by atomic mass is 9.99. The molecule has 1 aromatic heterocycles. The Labute approximate surface area is 167 Å². The van der Waals surface area contributed by atoms with Crippen molar-refractivity contribution in [3.8, 4) is 0 Å². The van der Waals surface area contributed by atoms with Gasteiger partial charge in [-0.3, -0.25) is 9.59 Å². The zero-order chi connectivity index (χ0) is 20.2. The van der Waals surface area contributed by atoms with Gasteiger partial charge in [0.15, 0.2) is 0 Å². The molecule has 0 aliphatic carbocycles. The van der Waals surface area contributed by atoms with Gasteiger partial charge in [-0.05, 0) is 42.3 Å². The number of carbonyl (C=O) groups is 1. The van der Waals surface area contributed by atoms with Crippen LogP contribution in [0.1, 0.15) is 27.9 Å². The van der Waals surface area contributed by atoms with E-state index in [1.54, 1.807) is 30.5 Å². The molecule has 1 aromatic carbocycles. The van der Waals surface area contributed by atoms with E-state index in [0.717, 1.165) is 30.8 Å². The molecule has 0 radical (unpaired) electrons. The highest BCUT2D eigenvalue weighted by Crippen LogP contribution is 2.20. The summed E-state index contributed by atoms with van der Waals surface area (Å²) in [5.41, 5.74) is 9.82. The number of hydrogen-bond donors (Lipinski definition) is 5. The number of rotatable bonds is 4. The van der Waals surface area contributed by atoms with Gasteiger partial charge in [0.25, 0.3) is 11.5 Å². The molecule has 0 saturated carbocycles. The minimum atomic E-state index is -0.378. The number of aromatic nitrogens is 1. The minimum Gasteiger partial charge on any atom is -0.384 e. The summed E-state index contributed by atoms with van der Waals surface area (Å²) >= 11 is 0. The fourth-order valence-electron chi connectivity index (χ4n) is 3.29. The first kappa shape index (κ1) is 18.7. The van der Waals surface area contributed by atoms with Gasteiger partial charge in [-0.25, -0.2) is 4.99 Å². The number of aromatic amines is 1. The van der Waals surface area contributed by atoms with E-state index in [4.69, 9.17) is 5.73 Å². The van der Waals surface area contributed by atoms with E-state index < -0.39 is 0 Å². The van der Waals surface area contributed by atoms with Crippen LogP contribution >= 0.6 is 0 Å². The number of pyridine rings is 1. The molecule has 3 heterocycles. The van der Waals surface area contributed by atoms with Crippen molar-refractivity contribution in [3.05, 3.63) is 75.7 Å². The van der Waals surface area contributed by atoms with E-state index in [1.165, 1.54) is 5.57 Å². The molecule has 0 unspecified atom stereocenters. The van der Waals surface area contributed by atoms with Gasteiger partial charge < -0.3 is 26.7 Å². The standard InChI is InChI=1S/C21H22N6O2/c22-19-10-17(25-12-26-19)16-9-18(21(29)24-11-16)27-20(28)15-3-1-13(2-4-15)14-5-7-23-8-6-14/h1-5,9-11,23,25H,6-8,12H2,(H2,22,26)(H,24,29)(H,27,28). The number of nitrogens with zero attached hydrogens (tertiary/aromatic N) is 1. The zero-order valence-electron chi connectivity index (χ0n) is 15.8. The number of nitrogens with two attached hydrogens (primary N) is 1. The third-order valence-electron chi connectivity index (χ3n) is 4.87. The molecule has 2 aromatic rings. The summed E-state index contributed by atoms with van der Waals surface area (Å²) in [6, 6.07) is 9.03. The molecule has 8 heteroatoms. The summed E-state index contributed by atoms with van der Waals surface area (Å²) in [4.78, 5) is 31.5. The Morgan fingerprint density at radius 3 is 2.72 bits per heavy atom. The fourth-order valence-corrected chi connectivity index (χ4v) is 3.29. The molecule has 6 N–H and O–H groups in total. The molecule has 2 aliphatic rings. The van der Waals surface area contributed by atoms with Gasteiger partial charge in [0.2, 0.25) is 0 Å². The topological polar surface area (TPSA) is 124 Å². The first-order chi connectivity index (χ1) is 14.1. The van der Waals surface area contributed by atoms with Crippen LogP contribution in [0.3, 0.4) is 0 Å². The van der Waals surface area contributed by atoms with Crippen LogP contribution in [0.25, 0.3) is 11.3 Å². The van der Waals surface area contributed by atoms with Crippen LogP contribution in [0, 0.1) is 0 Å². The molecular formula is C21H22N6O2. The molecule has 4 rings (SSSR count). The highest BCUT2D eigenvalue weighted by molar-refractivity contribution is 6.04. The van der Waals surface area contributed by atoms with Gasteiger partial charge in [0.1, 0.15) is 18.2 Å². The van der Waals surface area contributed by atoms with Crippen LogP contribution in [-0.2, 0) is 0 Å². The molecule has 0 saturated heterocycles. The van der Waals surface area contributed by atoms with Crippen molar-refractivity contribution in [2.24, 2.45) is 10.7 Å². The average Bonchev–Trinajstić information content (AvgIpc) is 2.76. The van der Waals surface area contributed by atoms with Gasteiger partial charge in [0, 0.05) is 35.6 Å². The Balaban J connectivity index is 1.52. The summed E-state index contributed by atoms with van der Waals surface area (Å²) in [7, 11) is 0. The SMILES string of the molecule is NC1=NCNC(c2c[nH]c(=O)c(NC(=O)c3ccc(C4=CCNCC4)cc3)c2)=C1. The fraction of sp³-hybridized carbons (Fsp3) is 0.190. The third-order valence-corrected chi connectivity index (χ3v) is 4.87. The molecule has 2 aliphatic heterocycles. The first-order valence-corrected chi connectivity index (χ1v) is 9.40. The Bertz CT molecular complexity index is 1080. The van der Waals surface area contributed by atoms with Crippen LogP contribution in [-0.4, -0.2) is 36.5 Å². The lowest BCUT2D eigenvalue weighted by molar-refractivity contribution is 0.102. The van der Waals surface area contributed by atoms with Crippen molar-refractivity contribution in [1.82, 2.24) is 15.6 Å². The first-order valence-electron chi connectivity index (χ1n) is 9.40. The van der Waals surface area contributed by atoms with E-state index in [9.17, 15) is 9.59 Å². The molecule has 0 spiro atoms. The Morgan fingerprint density at radius 2 is 2.00 bits per heavy atom. The Hall–Kier alpha value is -3.65. The number of hydrogen-bond acceptors (Lipinski definition) is 6. The van der Waals surface area contributed by atoms with E-state index in [0.29, 0.717) is 23.6 Å². The number of nitrogens with one attached hydrogen (secondary N) is 4. The van der Waals surface area contributed by atoms with Crippen LogP contribution in [0.4, 0.5) is 5.69 Å². The summed E-state index contributed by atoms with van der Waals surface area (Å²) in [6.07, 6.45) is 6.37. The molecule has 8 nitrogen and oxygen atoms in total. The van der Waals surface area contributed by atoms with E-state index in [1.807, 2.05) is 12.1 Å². The predicted octanol–water partition coefficient (Wildman–Crippen LogP) is 1.26. The van der Waals surface area contributed by atoms with Crippen LogP contribution in [0.15, 0.2) is 58.5 Å². The molecule has 0 fully saturated rings. The van der Waals surface area contributed by atoms with Crippen molar-refractivity contribution < 1.29 is 4.79 Å². The summed E-state index contributed by atoms with van der Waals surface area (Å²) < 4.78 is 0. The lowest BCUT2D eigenvalue weighted by Gasteiger charge is -2.15. The van der Waals surface area contributed by atoms with E-state index in [2.05, 4.69) is 32.0 Å². The molecule has 29 heavy (non-hydrogen) atoms. The quantitative estimate of drug-likeness (QED) is 0.538. The van der Waals surface area contributed by atoms with Crippen molar-refractivity contribution in [2.45, 2.75) is 6.42 Å². The maximum atomic E-state index is 12.6. The molecule has 0 atom stereocenters.